The molecule has 5 nitrogen and oxygen atoms in total. The lowest BCUT2D eigenvalue weighted by atomic mass is 10.1. The van der Waals surface area contributed by atoms with Gasteiger partial charge in [-0.3, -0.25) is 0 Å². The van der Waals surface area contributed by atoms with Crippen molar-refractivity contribution in [2.75, 3.05) is 18.5 Å². The van der Waals surface area contributed by atoms with E-state index in [9.17, 15) is 9.90 Å². The second-order valence-electron chi connectivity index (χ2n) is 4.50. The van der Waals surface area contributed by atoms with E-state index in [-0.39, 0.29) is 10.6 Å². The summed E-state index contributed by atoms with van der Waals surface area (Å²) < 4.78 is 0. The summed E-state index contributed by atoms with van der Waals surface area (Å²) in [5.41, 5.74) is -0.846. The summed E-state index contributed by atoms with van der Waals surface area (Å²) in [6, 6.07) is 1.34. The van der Waals surface area contributed by atoms with Gasteiger partial charge in [0.1, 0.15) is 5.82 Å². The molecule has 0 amide bonds. The maximum atomic E-state index is 10.7. The van der Waals surface area contributed by atoms with Gasteiger partial charge in [0.05, 0.1) is 16.2 Å². The highest BCUT2D eigenvalue weighted by molar-refractivity contribution is 6.33. The molecule has 0 bridgehead atoms. The maximum Gasteiger partial charge on any atom is 0.337 e. The maximum absolute atomic E-state index is 10.7. The summed E-state index contributed by atoms with van der Waals surface area (Å²) in [6.07, 6.45) is 1.24. The molecule has 0 spiro atoms. The number of anilines is 1. The van der Waals surface area contributed by atoms with E-state index in [0.717, 1.165) is 0 Å². The van der Waals surface area contributed by atoms with Crippen LogP contribution in [0.15, 0.2) is 12.3 Å². The lowest BCUT2D eigenvalue weighted by molar-refractivity contribution is 0.0695. The van der Waals surface area contributed by atoms with Crippen LogP contribution in [0.5, 0.6) is 0 Å². The van der Waals surface area contributed by atoms with Gasteiger partial charge in [-0.15, -0.1) is 0 Å². The zero-order chi connectivity index (χ0) is 13.2. The average Bonchev–Trinajstić information content (AvgIpc) is 2.14. The Kier molecular flexibility index (Phi) is 3.95. The second-order valence-corrected chi connectivity index (χ2v) is 4.91. The van der Waals surface area contributed by atoms with Crippen LogP contribution < -0.4 is 4.90 Å². The van der Waals surface area contributed by atoms with Crippen molar-refractivity contribution in [1.82, 2.24) is 4.98 Å². The van der Waals surface area contributed by atoms with Gasteiger partial charge in [0.25, 0.3) is 0 Å². The quantitative estimate of drug-likeness (QED) is 0.859. The molecule has 94 valence electrons. The van der Waals surface area contributed by atoms with E-state index < -0.39 is 11.6 Å². The van der Waals surface area contributed by atoms with Crippen molar-refractivity contribution < 1.29 is 15.0 Å². The minimum Gasteiger partial charge on any atom is -0.478 e. The topological polar surface area (TPSA) is 73.7 Å². The number of carboxylic acids is 1. The van der Waals surface area contributed by atoms with E-state index in [4.69, 9.17) is 16.7 Å². The third-order valence-electron chi connectivity index (χ3n) is 2.05. The first-order valence-electron chi connectivity index (χ1n) is 5.03. The molecule has 6 heteroatoms. The van der Waals surface area contributed by atoms with Crippen molar-refractivity contribution in [3.05, 3.63) is 22.8 Å². The molecule has 0 fully saturated rings. The van der Waals surface area contributed by atoms with Crippen LogP contribution in [-0.2, 0) is 0 Å². The van der Waals surface area contributed by atoms with E-state index in [1.54, 1.807) is 25.8 Å². The van der Waals surface area contributed by atoms with Gasteiger partial charge in [0.2, 0.25) is 0 Å². The van der Waals surface area contributed by atoms with Crippen LogP contribution in [0.25, 0.3) is 0 Å². The van der Waals surface area contributed by atoms with Crippen molar-refractivity contribution in [3.8, 4) is 0 Å². The number of carboxylic acid groups (broad SMARTS) is 1. The molecule has 2 N–H and O–H groups in total. The number of carbonyl (C=O) groups is 1. The summed E-state index contributed by atoms with van der Waals surface area (Å²) in [4.78, 5) is 16.4. The van der Waals surface area contributed by atoms with Gasteiger partial charge in [-0.05, 0) is 19.9 Å². The lowest BCUT2D eigenvalue weighted by Crippen LogP contribution is -2.36. The highest BCUT2D eigenvalue weighted by Crippen LogP contribution is 2.24. The third-order valence-corrected chi connectivity index (χ3v) is 2.33. The summed E-state index contributed by atoms with van der Waals surface area (Å²) in [6.45, 7) is 3.68. The fourth-order valence-corrected chi connectivity index (χ4v) is 1.79. The fraction of sp³-hybridized carbons (Fsp3) is 0.455. The molecule has 0 aromatic carbocycles. The zero-order valence-electron chi connectivity index (χ0n) is 9.94. The molecule has 1 heterocycles. The molecule has 17 heavy (non-hydrogen) atoms. The number of aromatic nitrogens is 1. The van der Waals surface area contributed by atoms with Gasteiger partial charge in [-0.2, -0.15) is 0 Å². The second kappa shape index (κ2) is 4.89. The molecule has 1 rings (SSSR count). The summed E-state index contributed by atoms with van der Waals surface area (Å²) in [7, 11) is 1.73. The van der Waals surface area contributed by atoms with E-state index >= 15 is 0 Å². The normalized spacial score (nSPS) is 11.4. The molecule has 0 unspecified atom stereocenters. The fourth-order valence-electron chi connectivity index (χ4n) is 1.48. The van der Waals surface area contributed by atoms with Crippen molar-refractivity contribution in [2.45, 2.75) is 19.4 Å². The number of hydrogen-bond acceptors (Lipinski definition) is 4. The van der Waals surface area contributed by atoms with Crippen molar-refractivity contribution in [1.29, 1.82) is 0 Å². The number of hydrogen-bond donors (Lipinski definition) is 2. The third kappa shape index (κ3) is 3.87. The van der Waals surface area contributed by atoms with E-state index in [2.05, 4.69) is 4.98 Å². The molecular weight excluding hydrogens is 244 g/mol. The standard InChI is InChI=1S/C11H15ClN2O3/c1-11(2,17)6-14(3)9-8(12)4-7(5-13-9)10(15)16/h4-5,17H,6H2,1-3H3,(H,15,16). The Morgan fingerprint density at radius 2 is 2.18 bits per heavy atom. The number of nitrogens with zero attached hydrogens (tertiary/aromatic N) is 2. The number of rotatable bonds is 4. The molecule has 1 aromatic heterocycles. The van der Waals surface area contributed by atoms with Gasteiger partial charge in [-0.1, -0.05) is 11.6 Å². The Morgan fingerprint density at radius 1 is 1.59 bits per heavy atom. The smallest absolute Gasteiger partial charge is 0.337 e. The van der Waals surface area contributed by atoms with Gasteiger partial charge in [0.15, 0.2) is 0 Å². The first kappa shape index (κ1) is 13.7. The summed E-state index contributed by atoms with van der Waals surface area (Å²) in [5, 5.41) is 18.7. The number of halogens is 1. The first-order chi connectivity index (χ1) is 7.70. The molecule has 1 aromatic rings. The minimum absolute atomic E-state index is 0.0374. The average molecular weight is 259 g/mol. The largest absolute Gasteiger partial charge is 0.478 e. The molecule has 0 aliphatic carbocycles. The van der Waals surface area contributed by atoms with Crippen LogP contribution in [0.1, 0.15) is 24.2 Å². The van der Waals surface area contributed by atoms with Gasteiger partial charge in [0, 0.05) is 19.8 Å². The zero-order valence-corrected chi connectivity index (χ0v) is 10.7. The van der Waals surface area contributed by atoms with Crippen LogP contribution in [0.4, 0.5) is 5.82 Å². The number of pyridine rings is 1. The Morgan fingerprint density at radius 3 is 2.59 bits per heavy atom. The van der Waals surface area contributed by atoms with Crippen LogP contribution in [0.3, 0.4) is 0 Å². The Balaban J connectivity index is 2.96. The minimum atomic E-state index is -1.07. The summed E-state index contributed by atoms with van der Waals surface area (Å²) >= 11 is 5.95. The highest BCUT2D eigenvalue weighted by atomic mass is 35.5. The SMILES string of the molecule is CN(CC(C)(C)O)c1ncc(C(=O)O)cc1Cl. The monoisotopic (exact) mass is 258 g/mol. The first-order valence-corrected chi connectivity index (χ1v) is 5.41. The summed E-state index contributed by atoms with van der Waals surface area (Å²) in [5.74, 6) is -0.630. The Bertz CT molecular complexity index is 429. The predicted molar refractivity (Wildman–Crippen MR) is 65.8 cm³/mol. The molecule has 0 saturated heterocycles. The Labute approximate surface area is 105 Å². The van der Waals surface area contributed by atoms with Crippen molar-refractivity contribution >= 4 is 23.4 Å². The van der Waals surface area contributed by atoms with Crippen LogP contribution in [-0.4, -0.2) is 40.4 Å². The van der Waals surface area contributed by atoms with Gasteiger partial charge in [-0.25, -0.2) is 9.78 Å². The van der Waals surface area contributed by atoms with Crippen LogP contribution in [0, 0.1) is 0 Å². The molecule has 0 aliphatic heterocycles. The highest BCUT2D eigenvalue weighted by Gasteiger charge is 2.19. The predicted octanol–water partition coefficient (Wildman–Crippen LogP) is 1.64. The van der Waals surface area contributed by atoms with Crippen molar-refractivity contribution in [3.63, 3.8) is 0 Å². The lowest BCUT2D eigenvalue weighted by Gasteiger charge is -2.26. The molecule has 0 saturated carbocycles. The van der Waals surface area contributed by atoms with Crippen molar-refractivity contribution in [2.24, 2.45) is 0 Å². The number of aliphatic hydroxyl groups is 1. The van der Waals surface area contributed by atoms with E-state index in [1.807, 2.05) is 0 Å². The van der Waals surface area contributed by atoms with E-state index in [0.29, 0.717) is 12.4 Å². The van der Waals surface area contributed by atoms with Crippen LogP contribution in [0.2, 0.25) is 5.02 Å². The van der Waals surface area contributed by atoms with Gasteiger partial charge < -0.3 is 15.1 Å². The van der Waals surface area contributed by atoms with E-state index in [1.165, 1.54) is 12.3 Å². The number of aromatic carboxylic acids is 1. The molecule has 0 radical (unpaired) electrons. The van der Waals surface area contributed by atoms with Crippen LogP contribution >= 0.6 is 11.6 Å². The van der Waals surface area contributed by atoms with Gasteiger partial charge >= 0.3 is 5.97 Å². The molecule has 0 aliphatic rings. The Hall–Kier alpha value is -1.33. The molecular formula is C11H15ClN2O3. The number of likely N-dealkylation sites (N-methyl/N-ethyl adjacent to an activating group) is 1. The molecule has 0 atom stereocenters.